The summed E-state index contributed by atoms with van der Waals surface area (Å²) in [6, 6.07) is 7.56. The zero-order valence-electron chi connectivity index (χ0n) is 27.7. The van der Waals surface area contributed by atoms with Crippen LogP contribution in [0.4, 0.5) is 0 Å². The Morgan fingerprint density at radius 1 is 0.673 bits per heavy atom. The second-order valence-electron chi connectivity index (χ2n) is 17.8. The number of benzene rings is 2. The van der Waals surface area contributed by atoms with Gasteiger partial charge in [-0.15, -0.1) is 0 Å². The van der Waals surface area contributed by atoms with Crippen LogP contribution >= 0.6 is 0 Å². The fraction of sp³-hybridized carbons (Fsp3) is 0.600. The predicted octanol–water partition coefficient (Wildman–Crippen LogP) is 3.82. The molecule has 2 spiro atoms. The van der Waals surface area contributed by atoms with Crippen molar-refractivity contribution < 1.29 is 29.9 Å². The third-order valence-electron chi connectivity index (χ3n) is 15.7. The van der Waals surface area contributed by atoms with Gasteiger partial charge in [-0.2, -0.15) is 0 Å². The number of rotatable bonds is 4. The standard InChI is InChI=1S/C40H43N3O6/c44-25-7-5-21-13-27-39(46)15-23-24-16-40(47)28-14-22-6-8-26(45)34-30(22)38(40,10-12-43(28)18-20-3-4-20)36(49-34)32(24)41-31(23)35-37(39,29(21)33(25)48-35)9-11-42(27)17-19-1-2-19/h5-8,19-20,27-28,35-36,41,44-47H,1-4,9-18H2/t27-,28-,35+,36?,37+,38+,39?,40-/m1/s1. The fourth-order valence-electron chi connectivity index (χ4n) is 13.4. The number of aromatic amines is 1. The molecule has 9 heteroatoms. The van der Waals surface area contributed by atoms with E-state index in [2.05, 4.69) is 26.9 Å². The zero-order valence-corrected chi connectivity index (χ0v) is 27.7. The molecule has 2 saturated carbocycles. The molecule has 4 bridgehead atoms. The molecule has 0 radical (unpaired) electrons. The highest BCUT2D eigenvalue weighted by Gasteiger charge is 2.76. The van der Waals surface area contributed by atoms with E-state index in [4.69, 9.17) is 9.47 Å². The van der Waals surface area contributed by atoms with Gasteiger partial charge in [0.25, 0.3) is 0 Å². The Bertz CT molecular complexity index is 1910. The summed E-state index contributed by atoms with van der Waals surface area (Å²) < 4.78 is 13.9. The third kappa shape index (κ3) is 2.87. The number of phenols is 2. The normalized spacial score (nSPS) is 41.3. The summed E-state index contributed by atoms with van der Waals surface area (Å²) in [6.07, 6.45) is 8.06. The molecule has 4 fully saturated rings. The highest BCUT2D eigenvalue weighted by atomic mass is 16.5. The van der Waals surface area contributed by atoms with Crippen LogP contribution in [0.3, 0.4) is 0 Å². The van der Waals surface area contributed by atoms with E-state index in [1.54, 1.807) is 12.1 Å². The molecule has 8 atom stereocenters. The first-order chi connectivity index (χ1) is 23.7. The molecule has 3 aromatic rings. The minimum atomic E-state index is -1.09. The van der Waals surface area contributed by atoms with Crippen LogP contribution in [0.1, 0.15) is 95.5 Å². The van der Waals surface area contributed by atoms with Crippen molar-refractivity contribution in [3.8, 4) is 23.0 Å². The highest BCUT2D eigenvalue weighted by Crippen LogP contribution is 2.72. The van der Waals surface area contributed by atoms with Crippen LogP contribution in [0.25, 0.3) is 0 Å². The second-order valence-corrected chi connectivity index (χ2v) is 17.8. The maximum absolute atomic E-state index is 13.5. The zero-order chi connectivity index (χ0) is 32.4. The van der Waals surface area contributed by atoms with Gasteiger partial charge in [0.05, 0.1) is 33.4 Å². The van der Waals surface area contributed by atoms with E-state index >= 15 is 0 Å². The van der Waals surface area contributed by atoms with E-state index < -0.39 is 34.2 Å². The van der Waals surface area contributed by atoms with Crippen molar-refractivity contribution in [2.24, 2.45) is 11.8 Å². The molecule has 5 N–H and O–H groups in total. The summed E-state index contributed by atoms with van der Waals surface area (Å²) in [5.74, 6) is 2.77. The van der Waals surface area contributed by atoms with Crippen molar-refractivity contribution in [3.05, 3.63) is 69.0 Å². The summed E-state index contributed by atoms with van der Waals surface area (Å²) in [5, 5.41) is 49.4. The topological polar surface area (TPSA) is 122 Å². The predicted molar refractivity (Wildman–Crippen MR) is 177 cm³/mol. The second kappa shape index (κ2) is 8.28. The first-order valence-electron chi connectivity index (χ1n) is 19.0. The Morgan fingerprint density at radius 3 is 1.55 bits per heavy atom. The first-order valence-corrected chi connectivity index (χ1v) is 19.0. The maximum atomic E-state index is 13.5. The number of nitrogens with zero attached hydrogens (tertiary/aromatic N) is 2. The van der Waals surface area contributed by atoms with Gasteiger partial charge in [-0.25, -0.2) is 0 Å². The molecule has 13 rings (SSSR count). The van der Waals surface area contributed by atoms with Gasteiger partial charge in [0.15, 0.2) is 35.2 Å². The number of ether oxygens (including phenoxy) is 2. The van der Waals surface area contributed by atoms with Gasteiger partial charge in [-0.1, -0.05) is 12.1 Å². The molecular formula is C40H43N3O6. The molecule has 2 saturated heterocycles. The Hall–Kier alpha value is -3.24. The summed E-state index contributed by atoms with van der Waals surface area (Å²) in [4.78, 5) is 9.05. The molecule has 6 aliphatic carbocycles. The Kier molecular flexibility index (Phi) is 4.64. The van der Waals surface area contributed by atoms with Gasteiger partial charge in [-0.05, 0) is 111 Å². The molecular weight excluding hydrogens is 618 g/mol. The van der Waals surface area contributed by atoms with Crippen molar-refractivity contribution in [3.63, 3.8) is 0 Å². The minimum absolute atomic E-state index is 0.0535. The number of aromatic nitrogens is 1. The van der Waals surface area contributed by atoms with Crippen molar-refractivity contribution >= 4 is 0 Å². The lowest BCUT2D eigenvalue weighted by atomic mass is 9.47. The van der Waals surface area contributed by atoms with Crippen LogP contribution in [-0.4, -0.2) is 84.7 Å². The summed E-state index contributed by atoms with van der Waals surface area (Å²) in [5.41, 5.74) is 4.93. The van der Waals surface area contributed by atoms with Gasteiger partial charge < -0.3 is 34.9 Å². The molecule has 9 nitrogen and oxygen atoms in total. The lowest BCUT2D eigenvalue weighted by Gasteiger charge is -2.63. The Morgan fingerprint density at radius 2 is 1.12 bits per heavy atom. The number of aromatic hydroxyl groups is 2. The highest BCUT2D eigenvalue weighted by molar-refractivity contribution is 5.68. The number of piperidine rings is 2. The largest absolute Gasteiger partial charge is 0.504 e. The van der Waals surface area contributed by atoms with E-state index in [0.717, 1.165) is 85.5 Å². The molecule has 254 valence electrons. The summed E-state index contributed by atoms with van der Waals surface area (Å²) >= 11 is 0. The smallest absolute Gasteiger partial charge is 0.166 e. The van der Waals surface area contributed by atoms with Crippen LogP contribution in [0.5, 0.6) is 23.0 Å². The first kappa shape index (κ1) is 27.5. The number of hydrogen-bond donors (Lipinski definition) is 5. The number of likely N-dealkylation sites (tertiary alicyclic amines) is 2. The van der Waals surface area contributed by atoms with Crippen LogP contribution in [0.2, 0.25) is 0 Å². The van der Waals surface area contributed by atoms with E-state index in [0.29, 0.717) is 36.2 Å². The quantitative estimate of drug-likeness (QED) is 0.286. The lowest BCUT2D eigenvalue weighted by Crippen LogP contribution is -2.75. The van der Waals surface area contributed by atoms with Gasteiger partial charge in [0.2, 0.25) is 0 Å². The van der Waals surface area contributed by atoms with Crippen molar-refractivity contribution in [2.75, 3.05) is 26.2 Å². The van der Waals surface area contributed by atoms with Crippen LogP contribution < -0.4 is 9.47 Å². The number of hydrogen-bond acceptors (Lipinski definition) is 8. The monoisotopic (exact) mass is 661 g/mol. The van der Waals surface area contributed by atoms with Crippen molar-refractivity contribution in [1.82, 2.24) is 14.8 Å². The van der Waals surface area contributed by atoms with Gasteiger partial charge in [0.1, 0.15) is 0 Å². The number of aliphatic hydroxyl groups is 2. The fourth-order valence-corrected chi connectivity index (χ4v) is 13.4. The molecule has 5 heterocycles. The Balaban J connectivity index is 1.03. The lowest BCUT2D eigenvalue weighted by molar-refractivity contribution is -0.176. The average Bonchev–Trinajstić information content (AvgIpc) is 3.98. The molecule has 0 amide bonds. The molecule has 2 unspecified atom stereocenters. The molecule has 1 aromatic heterocycles. The SMILES string of the molecule is Oc1ccc2c3c1O[C@H]1c4[nH]c5c(c4CC4(O)[C@@H](C2)N(CC2CC2)CC[C@]314)C[C@@]1(O)[C@H]2Cc3ccc(O)c4c3[C@@]1(CCN2CC1CC1)C5O4. The van der Waals surface area contributed by atoms with Crippen LogP contribution in [0.15, 0.2) is 24.3 Å². The van der Waals surface area contributed by atoms with E-state index in [1.165, 1.54) is 36.8 Å². The van der Waals surface area contributed by atoms with E-state index in [9.17, 15) is 20.4 Å². The molecule has 4 aliphatic heterocycles. The van der Waals surface area contributed by atoms with E-state index in [-0.39, 0.29) is 23.6 Å². The summed E-state index contributed by atoms with van der Waals surface area (Å²) in [7, 11) is 0. The van der Waals surface area contributed by atoms with Gasteiger partial charge in [-0.3, -0.25) is 9.80 Å². The van der Waals surface area contributed by atoms with Crippen LogP contribution in [-0.2, 0) is 36.5 Å². The summed E-state index contributed by atoms with van der Waals surface area (Å²) in [6.45, 7) is 3.84. The molecule has 2 aromatic carbocycles. The third-order valence-corrected chi connectivity index (χ3v) is 15.7. The van der Waals surface area contributed by atoms with Gasteiger partial charge >= 0.3 is 0 Å². The van der Waals surface area contributed by atoms with E-state index in [1.807, 2.05) is 0 Å². The van der Waals surface area contributed by atoms with Crippen molar-refractivity contribution in [1.29, 1.82) is 0 Å². The van der Waals surface area contributed by atoms with Crippen LogP contribution in [0, 0.1) is 11.8 Å². The van der Waals surface area contributed by atoms with Crippen molar-refractivity contribution in [2.45, 2.75) is 111 Å². The molecule has 49 heavy (non-hydrogen) atoms. The minimum Gasteiger partial charge on any atom is -0.504 e. The number of nitrogens with one attached hydrogen (secondary N) is 1. The Labute approximate surface area is 284 Å². The average molecular weight is 662 g/mol. The number of phenolic OH excluding ortho intramolecular Hbond substituents is 2. The van der Waals surface area contributed by atoms with Gasteiger partial charge in [0, 0.05) is 49.1 Å². The number of H-pyrrole nitrogens is 1. The number of fused-ring (bicyclic) bond motifs is 5. The maximum Gasteiger partial charge on any atom is 0.166 e. The molecule has 10 aliphatic rings.